The Morgan fingerprint density at radius 2 is 1.92 bits per heavy atom. The largest absolute Gasteiger partial charge is 0.469 e. The number of rotatable bonds is 8. The number of aromatic nitrogens is 3. The van der Waals surface area contributed by atoms with Crippen molar-refractivity contribution in [3.8, 4) is 0 Å². The van der Waals surface area contributed by atoms with Crippen LogP contribution in [-0.4, -0.2) is 40.3 Å². The van der Waals surface area contributed by atoms with E-state index < -0.39 is 0 Å². The fourth-order valence-corrected chi connectivity index (χ4v) is 2.90. The number of pyridine rings is 1. The minimum absolute atomic E-state index is 0.0961. The lowest BCUT2D eigenvalue weighted by molar-refractivity contribution is -0.140. The van der Waals surface area contributed by atoms with Gasteiger partial charge in [-0.05, 0) is 32.8 Å². The van der Waals surface area contributed by atoms with Crippen molar-refractivity contribution in [2.75, 3.05) is 13.7 Å². The quantitative estimate of drug-likeness (QED) is 0.586. The van der Waals surface area contributed by atoms with Gasteiger partial charge in [0.15, 0.2) is 5.65 Å². The van der Waals surface area contributed by atoms with Crippen LogP contribution in [0.2, 0.25) is 0 Å². The molecular formula is C18H26N4O3. The van der Waals surface area contributed by atoms with Gasteiger partial charge in [0.05, 0.1) is 23.8 Å². The molecule has 0 saturated heterocycles. The number of esters is 1. The number of methoxy groups -OCH3 is 1. The Kier molecular flexibility index (Phi) is 6.50. The van der Waals surface area contributed by atoms with Crippen LogP contribution in [0.3, 0.4) is 0 Å². The zero-order chi connectivity index (χ0) is 18.4. The lowest BCUT2D eigenvalue weighted by atomic mass is 10.1. The van der Waals surface area contributed by atoms with Crippen LogP contribution >= 0.6 is 0 Å². The van der Waals surface area contributed by atoms with Crippen molar-refractivity contribution < 1.29 is 14.3 Å². The maximum Gasteiger partial charge on any atom is 0.305 e. The molecule has 7 nitrogen and oxygen atoms in total. The van der Waals surface area contributed by atoms with Crippen molar-refractivity contribution in [2.24, 2.45) is 7.05 Å². The number of hydrogen-bond acceptors (Lipinski definition) is 5. The number of amides is 1. The molecule has 1 N–H and O–H groups in total. The van der Waals surface area contributed by atoms with Gasteiger partial charge in [0.2, 0.25) is 0 Å². The molecule has 25 heavy (non-hydrogen) atoms. The molecule has 2 heterocycles. The van der Waals surface area contributed by atoms with Gasteiger partial charge in [0, 0.05) is 25.7 Å². The van der Waals surface area contributed by atoms with E-state index in [9.17, 15) is 9.59 Å². The van der Waals surface area contributed by atoms with Crippen molar-refractivity contribution in [3.63, 3.8) is 0 Å². The first-order chi connectivity index (χ1) is 11.9. The van der Waals surface area contributed by atoms with Gasteiger partial charge in [-0.3, -0.25) is 14.3 Å². The summed E-state index contributed by atoms with van der Waals surface area (Å²) in [7, 11) is 3.23. The highest BCUT2D eigenvalue weighted by atomic mass is 16.5. The number of fused-ring (bicyclic) bond motifs is 1. The molecule has 136 valence electrons. The maximum atomic E-state index is 12.6. The molecule has 7 heteroatoms. The monoisotopic (exact) mass is 346 g/mol. The first-order valence-corrected chi connectivity index (χ1v) is 8.60. The lowest BCUT2D eigenvalue weighted by Gasteiger charge is -2.08. The minimum Gasteiger partial charge on any atom is -0.469 e. The van der Waals surface area contributed by atoms with Gasteiger partial charge >= 0.3 is 5.97 Å². The van der Waals surface area contributed by atoms with Crippen LogP contribution in [0, 0.1) is 13.8 Å². The number of nitrogens with one attached hydrogen (secondary N) is 1. The smallest absolute Gasteiger partial charge is 0.305 e. The molecule has 2 aromatic rings. The number of hydrogen-bond donors (Lipinski definition) is 1. The minimum atomic E-state index is -0.169. The van der Waals surface area contributed by atoms with E-state index in [0.717, 1.165) is 48.1 Å². The number of nitrogens with zero attached hydrogens (tertiary/aromatic N) is 3. The Bertz CT molecular complexity index is 767. The highest BCUT2D eigenvalue weighted by Crippen LogP contribution is 2.21. The second kappa shape index (κ2) is 8.60. The average molecular weight is 346 g/mol. The second-order valence-electron chi connectivity index (χ2n) is 6.22. The fourth-order valence-electron chi connectivity index (χ4n) is 2.90. The third kappa shape index (κ3) is 4.78. The third-order valence-electron chi connectivity index (χ3n) is 4.16. The van der Waals surface area contributed by atoms with Crippen molar-refractivity contribution in [1.82, 2.24) is 20.1 Å². The highest BCUT2D eigenvalue weighted by Gasteiger charge is 2.17. The molecule has 0 aliphatic heterocycles. The molecular weight excluding hydrogens is 320 g/mol. The van der Waals surface area contributed by atoms with E-state index in [2.05, 4.69) is 20.1 Å². The summed E-state index contributed by atoms with van der Waals surface area (Å²) in [5.41, 5.74) is 2.95. The summed E-state index contributed by atoms with van der Waals surface area (Å²) in [6.07, 6.45) is 4.07. The van der Waals surface area contributed by atoms with E-state index in [1.807, 2.05) is 27.0 Å². The molecule has 0 aliphatic rings. The summed E-state index contributed by atoms with van der Waals surface area (Å²) in [5, 5.41) is 8.14. The Hall–Kier alpha value is -2.44. The predicted molar refractivity (Wildman–Crippen MR) is 95.4 cm³/mol. The molecule has 0 unspecified atom stereocenters. The van der Waals surface area contributed by atoms with Crippen molar-refractivity contribution in [1.29, 1.82) is 0 Å². The van der Waals surface area contributed by atoms with E-state index >= 15 is 0 Å². The van der Waals surface area contributed by atoms with Crippen LogP contribution in [-0.2, 0) is 16.6 Å². The fraction of sp³-hybridized carbons (Fsp3) is 0.556. The van der Waals surface area contributed by atoms with E-state index in [4.69, 9.17) is 0 Å². The summed E-state index contributed by atoms with van der Waals surface area (Å²) < 4.78 is 6.31. The molecule has 0 bridgehead atoms. The number of unbranched alkanes of at least 4 members (excludes halogenated alkanes) is 3. The number of ether oxygens (including phenoxy) is 1. The molecule has 0 atom stereocenters. The molecule has 0 saturated carbocycles. The zero-order valence-corrected chi connectivity index (χ0v) is 15.4. The van der Waals surface area contributed by atoms with Crippen LogP contribution in [0.5, 0.6) is 0 Å². The van der Waals surface area contributed by atoms with Gasteiger partial charge in [-0.15, -0.1) is 0 Å². The van der Waals surface area contributed by atoms with Gasteiger partial charge in [-0.2, -0.15) is 5.10 Å². The Morgan fingerprint density at radius 1 is 1.20 bits per heavy atom. The van der Waals surface area contributed by atoms with Crippen LogP contribution in [0.25, 0.3) is 11.0 Å². The molecule has 0 aliphatic carbocycles. The summed E-state index contributed by atoms with van der Waals surface area (Å²) in [5.74, 6) is -0.265. The summed E-state index contributed by atoms with van der Waals surface area (Å²) >= 11 is 0. The lowest BCUT2D eigenvalue weighted by Crippen LogP contribution is -2.25. The second-order valence-corrected chi connectivity index (χ2v) is 6.22. The van der Waals surface area contributed by atoms with Crippen LogP contribution < -0.4 is 5.32 Å². The van der Waals surface area contributed by atoms with Gasteiger partial charge in [0.25, 0.3) is 5.91 Å². The third-order valence-corrected chi connectivity index (χ3v) is 4.16. The number of carbonyl (C=O) groups excluding carboxylic acids is 2. The summed E-state index contributed by atoms with van der Waals surface area (Å²) in [6.45, 7) is 4.37. The van der Waals surface area contributed by atoms with Gasteiger partial charge in [-0.1, -0.05) is 12.8 Å². The van der Waals surface area contributed by atoms with Gasteiger partial charge in [0.1, 0.15) is 0 Å². The molecule has 1 amide bonds. The van der Waals surface area contributed by atoms with Crippen LogP contribution in [0.15, 0.2) is 6.07 Å². The molecule has 0 spiro atoms. The van der Waals surface area contributed by atoms with Gasteiger partial charge < -0.3 is 10.1 Å². The SMILES string of the molecule is COC(=O)CCCCCCNC(=O)c1cc(C)nc2c1c(C)nn2C. The van der Waals surface area contributed by atoms with Crippen LogP contribution in [0.4, 0.5) is 0 Å². The Balaban J connectivity index is 1.87. The highest BCUT2D eigenvalue weighted by molar-refractivity contribution is 6.06. The molecule has 0 radical (unpaired) electrons. The number of aryl methyl sites for hydroxylation is 3. The Labute approximate surface area is 147 Å². The molecule has 2 aromatic heterocycles. The predicted octanol–water partition coefficient (Wildman–Crippen LogP) is 2.44. The first kappa shape index (κ1) is 18.9. The normalized spacial score (nSPS) is 10.9. The zero-order valence-electron chi connectivity index (χ0n) is 15.4. The topological polar surface area (TPSA) is 86.1 Å². The van der Waals surface area contributed by atoms with E-state index in [1.54, 1.807) is 4.68 Å². The molecule has 2 rings (SSSR count). The molecule has 0 aromatic carbocycles. The standard InChI is InChI=1S/C18H26N4O3/c1-12-11-14(16-13(2)21-22(3)17(16)20-12)18(24)19-10-8-6-5-7-9-15(23)25-4/h11H,5-10H2,1-4H3,(H,19,24). The first-order valence-electron chi connectivity index (χ1n) is 8.60. The van der Waals surface area contributed by atoms with E-state index in [0.29, 0.717) is 18.5 Å². The van der Waals surface area contributed by atoms with Gasteiger partial charge in [-0.25, -0.2) is 4.98 Å². The average Bonchev–Trinajstić information content (AvgIpc) is 2.86. The van der Waals surface area contributed by atoms with Crippen molar-refractivity contribution >= 4 is 22.9 Å². The van der Waals surface area contributed by atoms with E-state index in [1.165, 1.54) is 7.11 Å². The Morgan fingerprint density at radius 3 is 2.64 bits per heavy atom. The van der Waals surface area contributed by atoms with Crippen molar-refractivity contribution in [2.45, 2.75) is 46.0 Å². The van der Waals surface area contributed by atoms with Crippen LogP contribution in [0.1, 0.15) is 53.8 Å². The maximum absolute atomic E-state index is 12.6. The molecule has 0 fully saturated rings. The number of carbonyl (C=O) groups is 2. The van der Waals surface area contributed by atoms with Crippen molar-refractivity contribution in [3.05, 3.63) is 23.0 Å². The van der Waals surface area contributed by atoms with E-state index in [-0.39, 0.29) is 11.9 Å². The summed E-state index contributed by atoms with van der Waals surface area (Å²) in [4.78, 5) is 28.0. The summed E-state index contributed by atoms with van der Waals surface area (Å²) in [6, 6.07) is 1.81.